The molecule has 0 spiro atoms. The van der Waals surface area contributed by atoms with Gasteiger partial charge in [-0.25, -0.2) is 9.18 Å². The molecule has 1 aromatic rings. The number of aliphatic hydroxyl groups is 1. The second-order valence-electron chi connectivity index (χ2n) is 7.03. The highest BCUT2D eigenvalue weighted by Crippen LogP contribution is 2.35. The maximum absolute atomic E-state index is 13.4. The first-order valence-electron chi connectivity index (χ1n) is 8.00. The predicted molar refractivity (Wildman–Crippen MR) is 92.5 cm³/mol. The molecule has 1 saturated heterocycles. The molecule has 3 atom stereocenters. The van der Waals surface area contributed by atoms with E-state index in [2.05, 4.69) is 0 Å². The summed E-state index contributed by atoms with van der Waals surface area (Å²) in [6, 6.07) is 3.58. The number of nitrogens with zero attached hydrogens (tertiary/aromatic N) is 1. The van der Waals surface area contributed by atoms with Crippen LogP contribution < -0.4 is 5.73 Å². The summed E-state index contributed by atoms with van der Waals surface area (Å²) in [6.45, 7) is 5.45. The van der Waals surface area contributed by atoms with Gasteiger partial charge in [-0.2, -0.15) is 0 Å². The summed E-state index contributed by atoms with van der Waals surface area (Å²) in [7, 11) is -1.21. The van der Waals surface area contributed by atoms with Gasteiger partial charge in [0.15, 0.2) is 0 Å². The monoisotopic (exact) mass is 356 g/mol. The Morgan fingerprint density at radius 2 is 2.17 bits per heavy atom. The number of aryl methyl sites for hydroxylation is 1. The van der Waals surface area contributed by atoms with Crippen LogP contribution in [0.4, 0.5) is 9.18 Å². The van der Waals surface area contributed by atoms with Gasteiger partial charge in [0.1, 0.15) is 5.82 Å². The number of halogens is 1. The smallest absolute Gasteiger partial charge is 0.315 e. The van der Waals surface area contributed by atoms with Crippen molar-refractivity contribution in [3.63, 3.8) is 0 Å². The summed E-state index contributed by atoms with van der Waals surface area (Å²) in [5, 5.41) is 9.76. The number of carbonyl (C=O) groups is 1. The summed E-state index contributed by atoms with van der Waals surface area (Å²) in [5.74, 6) is -0.150. The quantitative estimate of drug-likeness (QED) is 0.868. The second kappa shape index (κ2) is 7.19. The fourth-order valence-corrected chi connectivity index (χ4v) is 4.91. The lowest BCUT2D eigenvalue weighted by Gasteiger charge is -2.39. The van der Waals surface area contributed by atoms with E-state index in [1.807, 2.05) is 0 Å². The van der Waals surface area contributed by atoms with Crippen molar-refractivity contribution in [3.05, 3.63) is 35.1 Å². The Morgan fingerprint density at radius 1 is 1.50 bits per heavy atom. The standard InChI is InChI=1S/C17H25FN2O3S/c1-11-8-12(18)4-5-14(11)15-9-13(6-7-20(15)16(19)21)24(23)10-17(2,3)22/h4-5,8,13,15,22H,6-7,9-10H2,1-3H3,(H2,19,21). The number of benzene rings is 1. The van der Waals surface area contributed by atoms with Crippen LogP contribution in [-0.4, -0.2) is 43.4 Å². The molecule has 1 fully saturated rings. The third kappa shape index (κ3) is 4.54. The number of rotatable bonds is 4. The Morgan fingerprint density at radius 3 is 2.71 bits per heavy atom. The number of carbonyl (C=O) groups excluding carboxylic acids is 1. The van der Waals surface area contributed by atoms with E-state index in [0.717, 1.165) is 11.1 Å². The van der Waals surface area contributed by atoms with Gasteiger partial charge in [-0.15, -0.1) is 0 Å². The Bertz CT molecular complexity index is 645. The largest absolute Gasteiger partial charge is 0.390 e. The lowest BCUT2D eigenvalue weighted by atomic mass is 9.92. The molecule has 0 bridgehead atoms. The van der Waals surface area contributed by atoms with E-state index in [-0.39, 0.29) is 22.9 Å². The Kier molecular flexibility index (Phi) is 5.65. The maximum Gasteiger partial charge on any atom is 0.315 e. The number of piperidine rings is 1. The third-order valence-corrected chi connectivity index (χ3v) is 6.46. The SMILES string of the molecule is Cc1cc(F)ccc1C1CC(S(=O)CC(C)(C)O)CCN1C(N)=O. The van der Waals surface area contributed by atoms with Crippen LogP contribution in [0.15, 0.2) is 18.2 Å². The zero-order chi connectivity index (χ0) is 18.1. The molecule has 1 aliphatic rings. The molecule has 1 aliphatic heterocycles. The lowest BCUT2D eigenvalue weighted by Crippen LogP contribution is -2.47. The van der Waals surface area contributed by atoms with Crippen LogP contribution in [0.1, 0.15) is 43.9 Å². The molecule has 1 aromatic carbocycles. The molecule has 2 amide bonds. The van der Waals surface area contributed by atoms with Crippen LogP contribution in [0.5, 0.6) is 0 Å². The van der Waals surface area contributed by atoms with Crippen molar-refractivity contribution in [2.45, 2.75) is 50.5 Å². The Balaban J connectivity index is 2.27. The first-order valence-corrected chi connectivity index (χ1v) is 9.38. The van der Waals surface area contributed by atoms with Crippen LogP contribution >= 0.6 is 0 Å². The third-order valence-electron chi connectivity index (χ3n) is 4.30. The molecule has 24 heavy (non-hydrogen) atoms. The van der Waals surface area contributed by atoms with E-state index in [4.69, 9.17) is 5.73 Å². The summed E-state index contributed by atoms with van der Waals surface area (Å²) >= 11 is 0. The summed E-state index contributed by atoms with van der Waals surface area (Å²) in [5.41, 5.74) is 6.04. The van der Waals surface area contributed by atoms with E-state index >= 15 is 0 Å². The fourth-order valence-electron chi connectivity index (χ4n) is 3.21. The van der Waals surface area contributed by atoms with Gasteiger partial charge in [0.2, 0.25) is 0 Å². The van der Waals surface area contributed by atoms with Crippen molar-refractivity contribution in [2.75, 3.05) is 12.3 Å². The van der Waals surface area contributed by atoms with Gasteiger partial charge >= 0.3 is 6.03 Å². The molecule has 3 N–H and O–H groups in total. The summed E-state index contributed by atoms with van der Waals surface area (Å²) in [6.07, 6.45) is 1.06. The van der Waals surface area contributed by atoms with Crippen LogP contribution in [0.2, 0.25) is 0 Å². The first-order chi connectivity index (χ1) is 11.1. The highest BCUT2D eigenvalue weighted by molar-refractivity contribution is 7.85. The number of likely N-dealkylation sites (tertiary alicyclic amines) is 1. The van der Waals surface area contributed by atoms with Crippen LogP contribution in [-0.2, 0) is 10.8 Å². The summed E-state index contributed by atoms with van der Waals surface area (Å²) in [4.78, 5) is 13.3. The predicted octanol–water partition coefficient (Wildman–Crippen LogP) is 2.24. The molecule has 1 heterocycles. The average molecular weight is 356 g/mol. The molecular formula is C17H25FN2O3S. The molecular weight excluding hydrogens is 331 g/mol. The van der Waals surface area contributed by atoms with Crippen LogP contribution in [0.3, 0.4) is 0 Å². The van der Waals surface area contributed by atoms with Crippen LogP contribution in [0, 0.1) is 12.7 Å². The highest BCUT2D eigenvalue weighted by atomic mass is 32.2. The molecule has 3 unspecified atom stereocenters. The minimum Gasteiger partial charge on any atom is -0.390 e. The van der Waals surface area contributed by atoms with Crippen molar-refractivity contribution in [1.29, 1.82) is 0 Å². The topological polar surface area (TPSA) is 83.6 Å². The molecule has 7 heteroatoms. The number of hydrogen-bond donors (Lipinski definition) is 2. The van der Waals surface area contributed by atoms with E-state index in [9.17, 15) is 18.5 Å². The Labute approximate surface area is 144 Å². The van der Waals surface area contributed by atoms with E-state index in [1.54, 1.807) is 31.7 Å². The molecule has 0 aromatic heterocycles. The zero-order valence-corrected chi connectivity index (χ0v) is 15.1. The zero-order valence-electron chi connectivity index (χ0n) is 14.3. The molecule has 5 nitrogen and oxygen atoms in total. The minimum atomic E-state index is -1.21. The highest BCUT2D eigenvalue weighted by Gasteiger charge is 2.36. The van der Waals surface area contributed by atoms with Crippen molar-refractivity contribution < 1.29 is 18.5 Å². The molecule has 2 rings (SSSR count). The number of hydrogen-bond acceptors (Lipinski definition) is 3. The molecule has 0 radical (unpaired) electrons. The van der Waals surface area contributed by atoms with Crippen molar-refractivity contribution in [1.82, 2.24) is 4.90 Å². The lowest BCUT2D eigenvalue weighted by molar-refractivity contribution is 0.105. The average Bonchev–Trinajstić information content (AvgIpc) is 2.44. The van der Waals surface area contributed by atoms with Gasteiger partial charge in [0.25, 0.3) is 0 Å². The van der Waals surface area contributed by atoms with Crippen molar-refractivity contribution in [3.8, 4) is 0 Å². The van der Waals surface area contributed by atoms with Gasteiger partial charge < -0.3 is 15.7 Å². The van der Waals surface area contributed by atoms with Crippen LogP contribution in [0.25, 0.3) is 0 Å². The maximum atomic E-state index is 13.4. The van der Waals surface area contributed by atoms with Gasteiger partial charge in [-0.3, -0.25) is 4.21 Å². The first kappa shape index (κ1) is 18.9. The minimum absolute atomic E-state index is 0.138. The fraction of sp³-hybridized carbons (Fsp3) is 0.588. The number of amides is 2. The van der Waals surface area contributed by atoms with Crippen molar-refractivity contribution >= 4 is 16.8 Å². The second-order valence-corrected chi connectivity index (χ2v) is 8.75. The van der Waals surface area contributed by atoms with Gasteiger partial charge in [0.05, 0.1) is 17.4 Å². The van der Waals surface area contributed by atoms with E-state index in [1.165, 1.54) is 12.1 Å². The molecule has 0 saturated carbocycles. The molecule has 0 aliphatic carbocycles. The summed E-state index contributed by atoms with van der Waals surface area (Å²) < 4.78 is 25.9. The van der Waals surface area contributed by atoms with Gasteiger partial charge in [0, 0.05) is 22.6 Å². The van der Waals surface area contributed by atoms with Gasteiger partial charge in [-0.05, 0) is 56.9 Å². The number of urea groups is 1. The molecule has 134 valence electrons. The normalized spacial score (nSPS) is 23.1. The number of nitrogens with two attached hydrogens (primary N) is 1. The van der Waals surface area contributed by atoms with Crippen molar-refractivity contribution in [2.24, 2.45) is 5.73 Å². The number of primary amides is 1. The Hall–Kier alpha value is -1.47. The van der Waals surface area contributed by atoms with E-state index in [0.29, 0.717) is 19.4 Å². The van der Waals surface area contributed by atoms with E-state index < -0.39 is 22.4 Å². The van der Waals surface area contributed by atoms with Gasteiger partial charge in [-0.1, -0.05) is 6.07 Å².